The van der Waals surface area contributed by atoms with E-state index in [1.807, 2.05) is 6.92 Å². The number of nitrogens with one attached hydrogen (secondary N) is 2. The lowest BCUT2D eigenvalue weighted by molar-refractivity contribution is -0.130. The average Bonchev–Trinajstić information content (AvgIpc) is 2.57. The van der Waals surface area contributed by atoms with Crippen LogP contribution >= 0.6 is 23.2 Å². The van der Waals surface area contributed by atoms with Gasteiger partial charge in [0.05, 0.1) is 22.7 Å². The first-order valence-electron chi connectivity index (χ1n) is 7.57. The summed E-state index contributed by atoms with van der Waals surface area (Å²) in [6, 6.07) is 1.92. The number of halogens is 2. The molecule has 0 saturated carbocycles. The topological polar surface area (TPSA) is 93.7 Å². The largest absolute Gasteiger partial charge is 0.494 e. The molecule has 0 heterocycles. The molecular formula is C16H20Cl2N2O5. The van der Waals surface area contributed by atoms with E-state index in [0.29, 0.717) is 6.54 Å². The van der Waals surface area contributed by atoms with Crippen LogP contribution in [0.15, 0.2) is 12.1 Å². The second-order valence-electron chi connectivity index (χ2n) is 5.13. The molecule has 7 nitrogen and oxygen atoms in total. The number of methoxy groups -OCH3 is 1. The number of benzene rings is 1. The fourth-order valence-corrected chi connectivity index (χ4v) is 2.48. The third-order valence-electron chi connectivity index (χ3n) is 3.09. The fraction of sp³-hybridized carbons (Fsp3) is 0.438. The Bertz CT molecular complexity index is 628. The smallest absolute Gasteiger partial charge is 0.338 e. The molecule has 2 amide bonds. The molecule has 0 aliphatic heterocycles. The summed E-state index contributed by atoms with van der Waals surface area (Å²) in [5.74, 6) is -1.44. The number of ether oxygens (including phenoxy) is 2. The van der Waals surface area contributed by atoms with Crippen LogP contribution in [0.25, 0.3) is 0 Å². The summed E-state index contributed by atoms with van der Waals surface area (Å²) in [5, 5.41) is 5.38. The highest BCUT2D eigenvalue weighted by Gasteiger charge is 2.18. The van der Waals surface area contributed by atoms with Crippen molar-refractivity contribution in [3.63, 3.8) is 0 Å². The van der Waals surface area contributed by atoms with E-state index < -0.39 is 24.5 Å². The van der Waals surface area contributed by atoms with Gasteiger partial charge in [-0.05, 0) is 25.5 Å². The molecule has 2 N–H and O–H groups in total. The first-order valence-corrected chi connectivity index (χ1v) is 8.33. The Hall–Kier alpha value is -1.99. The molecule has 0 fully saturated rings. The van der Waals surface area contributed by atoms with Gasteiger partial charge >= 0.3 is 5.97 Å². The zero-order valence-corrected chi connectivity index (χ0v) is 15.7. The van der Waals surface area contributed by atoms with E-state index in [1.165, 1.54) is 26.2 Å². The summed E-state index contributed by atoms with van der Waals surface area (Å²) >= 11 is 11.9. The van der Waals surface area contributed by atoms with Gasteiger partial charge in [0.2, 0.25) is 5.91 Å². The molecule has 0 saturated heterocycles. The second-order valence-corrected chi connectivity index (χ2v) is 5.94. The van der Waals surface area contributed by atoms with Crippen molar-refractivity contribution < 1.29 is 23.9 Å². The minimum Gasteiger partial charge on any atom is -0.494 e. The van der Waals surface area contributed by atoms with Crippen LogP contribution < -0.4 is 15.4 Å². The highest BCUT2D eigenvalue weighted by Crippen LogP contribution is 2.33. The summed E-state index contributed by atoms with van der Waals surface area (Å²) in [5.41, 5.74) is 0.0809. The maximum absolute atomic E-state index is 12.0. The van der Waals surface area contributed by atoms with E-state index >= 15 is 0 Å². The second kappa shape index (κ2) is 10.1. The highest BCUT2D eigenvalue weighted by atomic mass is 35.5. The highest BCUT2D eigenvalue weighted by molar-refractivity contribution is 6.37. The lowest BCUT2D eigenvalue weighted by atomic mass is 10.2. The number of carbonyl (C=O) groups is 3. The summed E-state index contributed by atoms with van der Waals surface area (Å²) < 4.78 is 9.88. The van der Waals surface area contributed by atoms with E-state index in [4.69, 9.17) is 32.7 Å². The molecule has 138 valence electrons. The molecule has 1 rings (SSSR count). The van der Waals surface area contributed by atoms with Crippen LogP contribution in [0.3, 0.4) is 0 Å². The predicted octanol–water partition coefficient (Wildman–Crippen LogP) is 2.19. The number of esters is 1. The maximum Gasteiger partial charge on any atom is 0.338 e. The minimum absolute atomic E-state index is 0.0809. The fourth-order valence-electron chi connectivity index (χ4n) is 1.84. The quantitative estimate of drug-likeness (QED) is 0.663. The van der Waals surface area contributed by atoms with Gasteiger partial charge in [0.25, 0.3) is 5.91 Å². The number of hydrogen-bond acceptors (Lipinski definition) is 5. The molecular weight excluding hydrogens is 371 g/mol. The molecule has 1 atom stereocenters. The molecule has 0 aliphatic rings. The van der Waals surface area contributed by atoms with Gasteiger partial charge in [0.1, 0.15) is 6.04 Å². The Morgan fingerprint density at radius 2 is 1.80 bits per heavy atom. The Balaban J connectivity index is 2.56. The van der Waals surface area contributed by atoms with Crippen LogP contribution in [0.1, 0.15) is 30.6 Å². The van der Waals surface area contributed by atoms with Gasteiger partial charge in [0.15, 0.2) is 12.4 Å². The SMILES string of the molecule is CCCNC(=O)[C@@H](C)NC(=O)COC(=O)c1cc(Cl)c(OC)c(Cl)c1. The maximum atomic E-state index is 12.0. The molecule has 0 bridgehead atoms. The van der Waals surface area contributed by atoms with E-state index in [9.17, 15) is 14.4 Å². The van der Waals surface area contributed by atoms with Gasteiger partial charge in [-0.3, -0.25) is 9.59 Å². The van der Waals surface area contributed by atoms with Crippen LogP contribution in [0.5, 0.6) is 5.75 Å². The van der Waals surface area contributed by atoms with E-state index in [1.54, 1.807) is 0 Å². The van der Waals surface area contributed by atoms with Gasteiger partial charge in [-0.25, -0.2) is 4.79 Å². The summed E-state index contributed by atoms with van der Waals surface area (Å²) in [6.45, 7) is 3.44. The van der Waals surface area contributed by atoms with Crippen molar-refractivity contribution in [1.82, 2.24) is 10.6 Å². The molecule has 1 aromatic carbocycles. The van der Waals surface area contributed by atoms with Crippen LogP contribution in [0.2, 0.25) is 10.0 Å². The third-order valence-corrected chi connectivity index (χ3v) is 3.65. The number of rotatable bonds is 8. The van der Waals surface area contributed by atoms with Gasteiger partial charge in [-0.1, -0.05) is 30.1 Å². The first-order chi connectivity index (χ1) is 11.8. The van der Waals surface area contributed by atoms with E-state index in [0.717, 1.165) is 6.42 Å². The van der Waals surface area contributed by atoms with E-state index in [-0.39, 0.29) is 27.3 Å². The van der Waals surface area contributed by atoms with Crippen molar-refractivity contribution in [1.29, 1.82) is 0 Å². The first kappa shape index (κ1) is 21.1. The zero-order chi connectivity index (χ0) is 19.0. The Kier molecular flexibility index (Phi) is 8.51. The molecule has 0 aromatic heterocycles. The minimum atomic E-state index is -0.773. The molecule has 0 spiro atoms. The van der Waals surface area contributed by atoms with Crippen LogP contribution in [-0.4, -0.2) is 44.1 Å². The lowest BCUT2D eigenvalue weighted by Gasteiger charge is -2.14. The molecule has 9 heteroatoms. The van der Waals surface area contributed by atoms with Gasteiger partial charge in [-0.2, -0.15) is 0 Å². The monoisotopic (exact) mass is 390 g/mol. The Labute approximate surface area is 155 Å². The molecule has 0 radical (unpaired) electrons. The van der Waals surface area contributed by atoms with Crippen molar-refractivity contribution in [2.75, 3.05) is 20.3 Å². The summed E-state index contributed by atoms with van der Waals surface area (Å²) in [7, 11) is 1.40. The van der Waals surface area contributed by atoms with E-state index in [2.05, 4.69) is 10.6 Å². The molecule has 0 aliphatic carbocycles. The predicted molar refractivity (Wildman–Crippen MR) is 94.2 cm³/mol. The Morgan fingerprint density at radius 3 is 2.32 bits per heavy atom. The normalized spacial score (nSPS) is 11.4. The van der Waals surface area contributed by atoms with Crippen molar-refractivity contribution in [2.24, 2.45) is 0 Å². The van der Waals surface area contributed by atoms with Crippen LogP contribution in [-0.2, 0) is 14.3 Å². The van der Waals surface area contributed by atoms with Crippen LogP contribution in [0.4, 0.5) is 0 Å². The summed E-state index contributed by atoms with van der Waals surface area (Å²) in [6.07, 6.45) is 0.789. The van der Waals surface area contributed by atoms with Crippen LogP contribution in [0, 0.1) is 0 Å². The third kappa shape index (κ3) is 6.43. The van der Waals surface area contributed by atoms with Crippen molar-refractivity contribution in [3.8, 4) is 5.75 Å². The molecule has 0 unspecified atom stereocenters. The van der Waals surface area contributed by atoms with Crippen molar-refractivity contribution >= 4 is 41.0 Å². The average molecular weight is 391 g/mol. The molecule has 25 heavy (non-hydrogen) atoms. The molecule has 1 aromatic rings. The van der Waals surface area contributed by atoms with Crippen molar-refractivity contribution in [2.45, 2.75) is 26.3 Å². The van der Waals surface area contributed by atoms with Crippen molar-refractivity contribution in [3.05, 3.63) is 27.7 Å². The summed E-state index contributed by atoms with van der Waals surface area (Å²) in [4.78, 5) is 35.4. The number of hydrogen-bond donors (Lipinski definition) is 2. The standard InChI is InChI=1S/C16H20Cl2N2O5/c1-4-5-19-15(22)9(2)20-13(21)8-25-16(23)10-6-11(17)14(24-3)12(18)7-10/h6-7,9H,4-5,8H2,1-3H3,(H,19,22)(H,20,21)/t9-/m1/s1. The Morgan fingerprint density at radius 1 is 1.20 bits per heavy atom. The number of amides is 2. The van der Waals surface area contributed by atoms with Gasteiger partial charge in [-0.15, -0.1) is 0 Å². The zero-order valence-electron chi connectivity index (χ0n) is 14.2. The number of carbonyl (C=O) groups excluding carboxylic acids is 3. The lowest BCUT2D eigenvalue weighted by Crippen LogP contribution is -2.46. The van der Waals surface area contributed by atoms with Gasteiger partial charge in [0, 0.05) is 6.54 Å². The van der Waals surface area contributed by atoms with Gasteiger partial charge < -0.3 is 20.1 Å².